The molecule has 0 aliphatic rings. The van der Waals surface area contributed by atoms with Crippen molar-refractivity contribution in [3.63, 3.8) is 0 Å². The van der Waals surface area contributed by atoms with Gasteiger partial charge in [0.2, 0.25) is 0 Å². The summed E-state index contributed by atoms with van der Waals surface area (Å²) in [5, 5.41) is 3.25. The van der Waals surface area contributed by atoms with Crippen LogP contribution in [0.5, 0.6) is 0 Å². The largest absolute Gasteiger partial charge is 0.337 e. The van der Waals surface area contributed by atoms with Crippen molar-refractivity contribution in [2.75, 3.05) is 6.54 Å². The molecule has 0 spiro atoms. The maximum Gasteiger partial charge on any atom is 0.0945 e. The molecule has 0 amide bonds. The van der Waals surface area contributed by atoms with Gasteiger partial charge in [-0.3, -0.25) is 0 Å². The molecule has 1 heterocycles. The Morgan fingerprint density at radius 2 is 2.50 bits per heavy atom. The molecule has 54 valence electrons. The fraction of sp³-hybridized carbons (Fsp3) is 0.500. The topological polar surface area (TPSA) is 54.0 Å². The van der Waals surface area contributed by atoms with Crippen LogP contribution in [0.25, 0.3) is 0 Å². The van der Waals surface area contributed by atoms with Crippen molar-refractivity contribution in [3.05, 3.63) is 18.7 Å². The fourth-order valence-electron chi connectivity index (χ4n) is 0.751. The van der Waals surface area contributed by atoms with Crippen molar-refractivity contribution in [1.29, 1.82) is 5.53 Å². The average Bonchev–Trinajstić information content (AvgIpc) is 2.41. The van der Waals surface area contributed by atoms with Crippen molar-refractivity contribution in [2.24, 2.45) is 5.11 Å². The lowest BCUT2D eigenvalue weighted by Crippen LogP contribution is -1.95. The van der Waals surface area contributed by atoms with Gasteiger partial charge >= 0.3 is 0 Å². The molecule has 4 nitrogen and oxygen atoms in total. The van der Waals surface area contributed by atoms with Gasteiger partial charge in [0.1, 0.15) is 0 Å². The molecular weight excluding hydrogens is 128 g/mol. The summed E-state index contributed by atoms with van der Waals surface area (Å²) in [7, 11) is 0. The van der Waals surface area contributed by atoms with E-state index in [-0.39, 0.29) is 0 Å². The van der Waals surface area contributed by atoms with E-state index < -0.39 is 0 Å². The van der Waals surface area contributed by atoms with E-state index in [2.05, 4.69) is 10.1 Å². The molecule has 0 unspecified atom stereocenters. The number of aryl methyl sites for hydroxylation is 1. The zero-order valence-electron chi connectivity index (χ0n) is 5.70. The first kappa shape index (κ1) is 6.92. The molecule has 0 atom stereocenters. The van der Waals surface area contributed by atoms with E-state index in [4.69, 9.17) is 5.53 Å². The van der Waals surface area contributed by atoms with Crippen LogP contribution in [0, 0.1) is 5.53 Å². The predicted molar refractivity (Wildman–Crippen MR) is 36.9 cm³/mol. The van der Waals surface area contributed by atoms with Crippen LogP contribution in [0.15, 0.2) is 23.8 Å². The molecular formula is C6H10N4. The molecule has 0 saturated heterocycles. The monoisotopic (exact) mass is 138 g/mol. The normalized spacial score (nSPS) is 9.60. The highest BCUT2D eigenvalue weighted by Gasteiger charge is 1.87. The van der Waals surface area contributed by atoms with Crippen LogP contribution in [0.1, 0.15) is 6.42 Å². The van der Waals surface area contributed by atoms with Crippen molar-refractivity contribution >= 4 is 0 Å². The quantitative estimate of drug-likeness (QED) is 0.495. The second kappa shape index (κ2) is 3.76. The lowest BCUT2D eigenvalue weighted by molar-refractivity contribution is 0.636. The van der Waals surface area contributed by atoms with Gasteiger partial charge in [0.05, 0.1) is 12.9 Å². The molecule has 1 N–H and O–H groups in total. The second-order valence-electron chi connectivity index (χ2n) is 2.04. The maximum absolute atomic E-state index is 6.53. The molecule has 1 rings (SSSR count). The Balaban J connectivity index is 2.21. The average molecular weight is 138 g/mol. The lowest BCUT2D eigenvalue weighted by Gasteiger charge is -1.96. The Morgan fingerprint density at radius 3 is 3.10 bits per heavy atom. The van der Waals surface area contributed by atoms with Crippen LogP contribution >= 0.6 is 0 Å². The number of nitrogens with zero attached hydrogens (tertiary/aromatic N) is 3. The number of rotatable bonds is 4. The van der Waals surface area contributed by atoms with E-state index in [9.17, 15) is 0 Å². The summed E-state index contributed by atoms with van der Waals surface area (Å²) in [5.41, 5.74) is 6.53. The predicted octanol–water partition coefficient (Wildman–Crippen LogP) is 1.30. The molecule has 0 aliphatic heterocycles. The molecule has 4 heteroatoms. The minimum Gasteiger partial charge on any atom is -0.337 e. The first-order valence-electron chi connectivity index (χ1n) is 3.22. The maximum atomic E-state index is 6.53. The molecule has 0 radical (unpaired) electrons. The van der Waals surface area contributed by atoms with Gasteiger partial charge in [-0.05, 0) is 6.42 Å². The zero-order chi connectivity index (χ0) is 7.23. The highest BCUT2D eigenvalue weighted by Crippen LogP contribution is 1.89. The molecule has 0 bridgehead atoms. The number of hydrogen-bond acceptors (Lipinski definition) is 3. The van der Waals surface area contributed by atoms with Crippen LogP contribution in [0.2, 0.25) is 0 Å². The highest BCUT2D eigenvalue weighted by molar-refractivity contribution is 4.73. The Hall–Kier alpha value is -1.19. The Morgan fingerprint density at radius 1 is 1.60 bits per heavy atom. The molecule has 0 aromatic carbocycles. The highest BCUT2D eigenvalue weighted by atomic mass is 15.0. The summed E-state index contributed by atoms with van der Waals surface area (Å²) in [6.07, 6.45) is 6.34. The second-order valence-corrected chi connectivity index (χ2v) is 2.04. The summed E-state index contributed by atoms with van der Waals surface area (Å²) in [4.78, 5) is 3.89. The number of hydrogen-bond donors (Lipinski definition) is 1. The molecule has 10 heavy (non-hydrogen) atoms. The smallest absolute Gasteiger partial charge is 0.0945 e. The van der Waals surface area contributed by atoms with Crippen LogP contribution in [-0.2, 0) is 6.54 Å². The van der Waals surface area contributed by atoms with E-state index in [1.54, 1.807) is 12.5 Å². The minimum atomic E-state index is 0.609. The number of nitrogens with one attached hydrogen (secondary N) is 1. The van der Waals surface area contributed by atoms with Gasteiger partial charge in [-0.15, -0.1) is 0 Å². The Kier molecular flexibility index (Phi) is 2.61. The van der Waals surface area contributed by atoms with Gasteiger partial charge in [-0.25, -0.2) is 10.5 Å². The van der Waals surface area contributed by atoms with Crippen molar-refractivity contribution in [1.82, 2.24) is 9.55 Å². The SMILES string of the molecule is N=NCCCn1ccnc1. The van der Waals surface area contributed by atoms with Gasteiger partial charge in [-0.2, -0.15) is 5.11 Å². The van der Waals surface area contributed by atoms with Crippen molar-refractivity contribution in [3.8, 4) is 0 Å². The molecule has 0 aliphatic carbocycles. The molecule has 0 saturated carbocycles. The van der Waals surface area contributed by atoms with Crippen LogP contribution in [-0.4, -0.2) is 16.1 Å². The standard InChI is InChI=1S/C6H10N4/c7-9-2-1-4-10-5-3-8-6-10/h3,5-7H,1-2,4H2. The summed E-state index contributed by atoms with van der Waals surface area (Å²) in [6.45, 7) is 1.51. The molecule has 0 fully saturated rings. The van der Waals surface area contributed by atoms with Gasteiger partial charge in [0.25, 0.3) is 0 Å². The molecule has 1 aromatic heterocycles. The van der Waals surface area contributed by atoms with Gasteiger partial charge in [0, 0.05) is 18.9 Å². The first-order chi connectivity index (χ1) is 4.93. The van der Waals surface area contributed by atoms with E-state index in [1.165, 1.54) is 0 Å². The lowest BCUT2D eigenvalue weighted by atomic mass is 10.4. The third kappa shape index (κ3) is 1.97. The van der Waals surface area contributed by atoms with E-state index in [0.29, 0.717) is 6.54 Å². The minimum absolute atomic E-state index is 0.609. The molecule has 1 aromatic rings. The number of imidazole rings is 1. The van der Waals surface area contributed by atoms with Crippen LogP contribution in [0.3, 0.4) is 0 Å². The summed E-state index contributed by atoms with van der Waals surface area (Å²) in [5.74, 6) is 0. The Bertz CT molecular complexity index is 180. The van der Waals surface area contributed by atoms with Crippen LogP contribution < -0.4 is 0 Å². The van der Waals surface area contributed by atoms with Crippen LogP contribution in [0.4, 0.5) is 0 Å². The third-order valence-electron chi connectivity index (χ3n) is 1.25. The fourth-order valence-corrected chi connectivity index (χ4v) is 0.751. The summed E-state index contributed by atoms with van der Waals surface area (Å²) in [6, 6.07) is 0. The van der Waals surface area contributed by atoms with E-state index >= 15 is 0 Å². The van der Waals surface area contributed by atoms with Crippen molar-refractivity contribution < 1.29 is 0 Å². The van der Waals surface area contributed by atoms with E-state index in [0.717, 1.165) is 13.0 Å². The first-order valence-corrected chi connectivity index (χ1v) is 3.22. The zero-order valence-corrected chi connectivity index (χ0v) is 5.70. The number of aromatic nitrogens is 2. The van der Waals surface area contributed by atoms with Gasteiger partial charge in [0.15, 0.2) is 0 Å². The van der Waals surface area contributed by atoms with Gasteiger partial charge in [-0.1, -0.05) is 0 Å². The summed E-state index contributed by atoms with van der Waals surface area (Å²) >= 11 is 0. The summed E-state index contributed by atoms with van der Waals surface area (Å²) < 4.78 is 1.98. The third-order valence-corrected chi connectivity index (χ3v) is 1.25. The van der Waals surface area contributed by atoms with E-state index in [1.807, 2.05) is 10.8 Å². The van der Waals surface area contributed by atoms with Crippen molar-refractivity contribution in [2.45, 2.75) is 13.0 Å². The Labute approximate surface area is 59.4 Å². The van der Waals surface area contributed by atoms with Gasteiger partial charge < -0.3 is 4.57 Å².